The summed E-state index contributed by atoms with van der Waals surface area (Å²) in [4.78, 5) is 26.4. The Kier molecular flexibility index (Phi) is 5.63. The number of hydrogen-bond acceptors (Lipinski definition) is 4. The molecule has 16 heavy (non-hydrogen) atoms. The highest BCUT2D eigenvalue weighted by Gasteiger charge is 2.16. The lowest BCUT2D eigenvalue weighted by atomic mass is 10.2. The monoisotopic (exact) mass is 226 g/mol. The van der Waals surface area contributed by atoms with E-state index < -0.39 is 0 Å². The SMILES string of the molecule is CC(=O)CCN1CCN(CCC(C)=O)CC1. The minimum Gasteiger partial charge on any atom is -0.300 e. The van der Waals surface area contributed by atoms with Gasteiger partial charge in [0, 0.05) is 52.1 Å². The van der Waals surface area contributed by atoms with Crippen molar-refractivity contribution in [1.29, 1.82) is 0 Å². The second-order valence-electron chi connectivity index (χ2n) is 4.59. The van der Waals surface area contributed by atoms with Crippen molar-refractivity contribution in [2.24, 2.45) is 0 Å². The molecule has 1 saturated heterocycles. The van der Waals surface area contributed by atoms with Crippen LogP contribution in [0.15, 0.2) is 0 Å². The zero-order valence-electron chi connectivity index (χ0n) is 10.4. The zero-order chi connectivity index (χ0) is 12.0. The minimum absolute atomic E-state index is 0.263. The number of rotatable bonds is 6. The van der Waals surface area contributed by atoms with Crippen LogP contribution < -0.4 is 0 Å². The molecule has 0 amide bonds. The van der Waals surface area contributed by atoms with Crippen molar-refractivity contribution in [3.8, 4) is 0 Å². The Labute approximate surface area is 97.6 Å². The van der Waals surface area contributed by atoms with Crippen LogP contribution in [0.5, 0.6) is 0 Å². The van der Waals surface area contributed by atoms with Gasteiger partial charge in [0.2, 0.25) is 0 Å². The Hall–Kier alpha value is -0.740. The predicted molar refractivity (Wildman–Crippen MR) is 63.5 cm³/mol. The summed E-state index contributed by atoms with van der Waals surface area (Å²) in [5, 5.41) is 0. The van der Waals surface area contributed by atoms with E-state index in [9.17, 15) is 9.59 Å². The quantitative estimate of drug-likeness (QED) is 0.663. The fraction of sp³-hybridized carbons (Fsp3) is 0.833. The number of hydrogen-bond donors (Lipinski definition) is 0. The van der Waals surface area contributed by atoms with Crippen LogP contribution in [-0.2, 0) is 9.59 Å². The molecule has 0 N–H and O–H groups in total. The molecular weight excluding hydrogens is 204 g/mol. The summed E-state index contributed by atoms with van der Waals surface area (Å²) in [5.74, 6) is 0.526. The summed E-state index contributed by atoms with van der Waals surface area (Å²) in [6.07, 6.45) is 1.32. The maximum atomic E-state index is 10.9. The molecule has 0 saturated carbocycles. The summed E-state index contributed by atoms with van der Waals surface area (Å²) in [5.41, 5.74) is 0. The van der Waals surface area contributed by atoms with E-state index in [1.54, 1.807) is 13.8 Å². The number of carbonyl (C=O) groups is 2. The van der Waals surface area contributed by atoms with Gasteiger partial charge >= 0.3 is 0 Å². The van der Waals surface area contributed by atoms with Crippen LogP contribution in [0.3, 0.4) is 0 Å². The molecule has 4 nitrogen and oxygen atoms in total. The molecule has 92 valence electrons. The Morgan fingerprint density at radius 3 is 1.38 bits per heavy atom. The molecule has 1 rings (SSSR count). The lowest BCUT2D eigenvalue weighted by Gasteiger charge is -2.34. The van der Waals surface area contributed by atoms with E-state index in [2.05, 4.69) is 9.80 Å². The summed E-state index contributed by atoms with van der Waals surface area (Å²) in [7, 11) is 0. The number of carbonyl (C=O) groups excluding carboxylic acids is 2. The molecule has 1 aliphatic rings. The highest BCUT2D eigenvalue weighted by atomic mass is 16.1. The third-order valence-electron chi connectivity index (χ3n) is 3.03. The molecule has 1 heterocycles. The van der Waals surface area contributed by atoms with Crippen LogP contribution in [-0.4, -0.2) is 60.6 Å². The van der Waals surface area contributed by atoms with E-state index in [0.717, 1.165) is 39.3 Å². The Balaban J connectivity index is 2.13. The largest absolute Gasteiger partial charge is 0.300 e. The number of nitrogens with zero attached hydrogens (tertiary/aromatic N) is 2. The molecular formula is C12H22N2O2. The topological polar surface area (TPSA) is 40.6 Å². The first kappa shape index (κ1) is 13.3. The first-order valence-electron chi connectivity index (χ1n) is 6.01. The second-order valence-corrected chi connectivity index (χ2v) is 4.59. The van der Waals surface area contributed by atoms with E-state index in [1.807, 2.05) is 0 Å². The van der Waals surface area contributed by atoms with Crippen LogP contribution in [0.1, 0.15) is 26.7 Å². The standard InChI is InChI=1S/C12H22N2O2/c1-11(15)3-5-13-7-9-14(10-8-13)6-4-12(2)16/h3-10H2,1-2H3. The molecule has 0 aromatic heterocycles. The van der Waals surface area contributed by atoms with E-state index in [1.165, 1.54) is 0 Å². The molecule has 0 aliphatic carbocycles. The van der Waals surface area contributed by atoms with Gasteiger partial charge in [-0.3, -0.25) is 9.59 Å². The molecule has 1 aliphatic heterocycles. The smallest absolute Gasteiger partial charge is 0.131 e. The van der Waals surface area contributed by atoms with Crippen molar-refractivity contribution in [2.45, 2.75) is 26.7 Å². The van der Waals surface area contributed by atoms with Crippen molar-refractivity contribution in [3.63, 3.8) is 0 Å². The first-order valence-corrected chi connectivity index (χ1v) is 6.01. The van der Waals surface area contributed by atoms with Crippen molar-refractivity contribution in [2.75, 3.05) is 39.3 Å². The van der Waals surface area contributed by atoms with Gasteiger partial charge in [0.25, 0.3) is 0 Å². The minimum atomic E-state index is 0.263. The predicted octanol–water partition coefficient (Wildman–Crippen LogP) is 0.562. The maximum Gasteiger partial charge on any atom is 0.131 e. The van der Waals surface area contributed by atoms with Crippen LogP contribution in [0.2, 0.25) is 0 Å². The van der Waals surface area contributed by atoms with E-state index in [4.69, 9.17) is 0 Å². The van der Waals surface area contributed by atoms with Gasteiger partial charge in [0.05, 0.1) is 0 Å². The van der Waals surface area contributed by atoms with Gasteiger partial charge in [0.15, 0.2) is 0 Å². The normalized spacial score (nSPS) is 18.6. The van der Waals surface area contributed by atoms with Crippen LogP contribution in [0.4, 0.5) is 0 Å². The van der Waals surface area contributed by atoms with E-state index >= 15 is 0 Å². The number of ketones is 2. The average Bonchev–Trinajstić information content (AvgIpc) is 2.25. The van der Waals surface area contributed by atoms with Gasteiger partial charge in [-0.15, -0.1) is 0 Å². The zero-order valence-corrected chi connectivity index (χ0v) is 10.4. The van der Waals surface area contributed by atoms with Gasteiger partial charge in [-0.2, -0.15) is 0 Å². The molecule has 0 atom stereocenters. The lowest BCUT2D eigenvalue weighted by Crippen LogP contribution is -2.47. The summed E-state index contributed by atoms with van der Waals surface area (Å²) >= 11 is 0. The molecule has 0 bridgehead atoms. The van der Waals surface area contributed by atoms with Crippen molar-refractivity contribution in [3.05, 3.63) is 0 Å². The van der Waals surface area contributed by atoms with Gasteiger partial charge in [-0.25, -0.2) is 0 Å². The van der Waals surface area contributed by atoms with Crippen LogP contribution >= 0.6 is 0 Å². The summed E-state index contributed by atoms with van der Waals surface area (Å²) in [6, 6.07) is 0. The van der Waals surface area contributed by atoms with Crippen molar-refractivity contribution < 1.29 is 9.59 Å². The number of piperazine rings is 1. The van der Waals surface area contributed by atoms with Crippen LogP contribution in [0.25, 0.3) is 0 Å². The Morgan fingerprint density at radius 1 is 0.812 bits per heavy atom. The van der Waals surface area contributed by atoms with Crippen LogP contribution in [0, 0.1) is 0 Å². The first-order chi connectivity index (χ1) is 7.58. The number of Topliss-reactive ketones (excluding diaryl/α,β-unsaturated/α-hetero) is 2. The Morgan fingerprint density at radius 2 is 1.12 bits per heavy atom. The van der Waals surface area contributed by atoms with Crippen molar-refractivity contribution in [1.82, 2.24) is 9.80 Å². The van der Waals surface area contributed by atoms with Gasteiger partial charge < -0.3 is 9.80 Å². The molecule has 0 spiro atoms. The van der Waals surface area contributed by atoms with Gasteiger partial charge in [0.1, 0.15) is 11.6 Å². The van der Waals surface area contributed by atoms with Gasteiger partial charge in [-0.05, 0) is 13.8 Å². The fourth-order valence-corrected chi connectivity index (χ4v) is 1.87. The molecule has 0 radical (unpaired) electrons. The summed E-state index contributed by atoms with van der Waals surface area (Å²) < 4.78 is 0. The maximum absolute atomic E-state index is 10.9. The molecule has 1 fully saturated rings. The molecule has 0 unspecified atom stereocenters. The van der Waals surface area contributed by atoms with Gasteiger partial charge in [-0.1, -0.05) is 0 Å². The summed E-state index contributed by atoms with van der Waals surface area (Å²) in [6.45, 7) is 9.13. The van der Waals surface area contributed by atoms with Crippen molar-refractivity contribution >= 4 is 11.6 Å². The van der Waals surface area contributed by atoms with E-state index in [-0.39, 0.29) is 11.6 Å². The molecule has 0 aromatic rings. The third kappa shape index (κ3) is 5.37. The highest BCUT2D eigenvalue weighted by Crippen LogP contribution is 2.03. The highest BCUT2D eigenvalue weighted by molar-refractivity contribution is 5.75. The molecule has 4 heteroatoms. The second kappa shape index (κ2) is 6.76. The molecule has 0 aromatic carbocycles. The average molecular weight is 226 g/mol. The Bertz CT molecular complexity index is 219. The van der Waals surface area contributed by atoms with E-state index in [0.29, 0.717) is 12.8 Å². The third-order valence-corrected chi connectivity index (χ3v) is 3.03. The lowest BCUT2D eigenvalue weighted by molar-refractivity contribution is -0.118. The fourth-order valence-electron chi connectivity index (χ4n) is 1.87.